The van der Waals surface area contributed by atoms with Crippen molar-refractivity contribution in [1.29, 1.82) is 0 Å². The Labute approximate surface area is 349 Å². The average Bonchev–Trinajstić information content (AvgIpc) is 3.90. The minimum absolute atomic E-state index is 0.0787. The Morgan fingerprint density at radius 2 is 1.97 bits per heavy atom. The first kappa shape index (κ1) is 44.9. The van der Waals surface area contributed by atoms with Gasteiger partial charge in [-0.1, -0.05) is 55.0 Å². The smallest absolute Gasteiger partial charge is 0.409 e. The number of carbonyl (C=O) groups is 4. The molecule has 318 valence electrons. The van der Waals surface area contributed by atoms with Crippen LogP contribution in [0.2, 0.25) is 5.02 Å². The number of allylic oxidation sites excluding steroid dienone is 3. The van der Waals surface area contributed by atoms with Crippen molar-refractivity contribution in [2.24, 2.45) is 10.9 Å². The number of ether oxygens (including phenoxy) is 5. The topological polar surface area (TPSA) is 195 Å². The van der Waals surface area contributed by atoms with Gasteiger partial charge in [0.05, 0.1) is 36.7 Å². The summed E-state index contributed by atoms with van der Waals surface area (Å²) >= 11 is 6.80. The SMILES string of the molecule is C=Cc1c(C(=O)N(C)[C@@H](C)C(=O)O[C@H]2CC(=O)N(C)c3cc(cc(OC)c3Cl)C/C(C)=C/C=C/[C@@H](OC)[C@@]3(O)C[C@H](OC(=O)N3)[C@@H](C)[C@@H]3O[C@@]23C)ccc(N)c1/N=C\C. The van der Waals surface area contributed by atoms with E-state index in [1.165, 1.54) is 50.1 Å². The quantitative estimate of drug-likeness (QED) is 0.126. The number of esters is 1. The summed E-state index contributed by atoms with van der Waals surface area (Å²) in [7, 11) is 5.92. The first-order chi connectivity index (χ1) is 27.8. The highest BCUT2D eigenvalue weighted by molar-refractivity contribution is 6.35. The lowest BCUT2D eigenvalue weighted by molar-refractivity contribution is -0.158. The molecule has 3 aliphatic heterocycles. The van der Waals surface area contributed by atoms with Crippen LogP contribution in [0.3, 0.4) is 0 Å². The minimum atomic E-state index is -1.86. The van der Waals surface area contributed by atoms with Gasteiger partial charge < -0.3 is 44.3 Å². The molecule has 16 heteroatoms. The molecule has 2 aromatic carbocycles. The standard InChI is InChI=1S/C43H54ClN5O10/c1-11-27-28(16-17-29(45)37(27)46-12-2)39(51)48(7)25(5)40(52)58-34-21-35(50)49(8)30-19-26(20-31(55-9)36(30)44)18-23(3)14-13-15-33(56-10)43(54)22-32(57-41(53)47-43)24(4)38-42(34,6)59-38/h11-17,19-20,24-25,32-34,38,54H,1,18,21-22,45H2,2-10H3,(H,47,53)/b15-13+,23-14+,46-12-/t24-,25+,32+,33-,34+,38+,42+,43+/m1/s1. The largest absolute Gasteiger partial charge is 0.495 e. The van der Waals surface area contributed by atoms with Gasteiger partial charge in [-0.15, -0.1) is 0 Å². The summed E-state index contributed by atoms with van der Waals surface area (Å²) in [5.74, 6) is -2.03. The number of anilines is 2. The molecule has 4 N–H and O–H groups in total. The Bertz CT molecular complexity index is 2090. The van der Waals surface area contributed by atoms with Crippen molar-refractivity contribution < 1.29 is 48.0 Å². The molecule has 4 bridgehead atoms. The maximum absolute atomic E-state index is 14.3. The van der Waals surface area contributed by atoms with Crippen LogP contribution >= 0.6 is 11.6 Å². The molecular weight excluding hydrogens is 782 g/mol. The molecule has 2 fully saturated rings. The summed E-state index contributed by atoms with van der Waals surface area (Å²) < 4.78 is 29.4. The van der Waals surface area contributed by atoms with Crippen molar-refractivity contribution in [3.05, 3.63) is 76.4 Å². The van der Waals surface area contributed by atoms with E-state index in [2.05, 4.69) is 16.9 Å². The van der Waals surface area contributed by atoms with E-state index >= 15 is 0 Å². The predicted octanol–water partition coefficient (Wildman–Crippen LogP) is 5.78. The number of alkyl carbamates (subject to hydrolysis) is 1. The number of halogens is 1. The van der Waals surface area contributed by atoms with Crippen LogP contribution in [0.5, 0.6) is 5.75 Å². The number of benzene rings is 2. The molecule has 2 aromatic rings. The molecule has 0 spiro atoms. The summed E-state index contributed by atoms with van der Waals surface area (Å²) in [6, 6.07) is 5.51. The number of epoxide rings is 1. The van der Waals surface area contributed by atoms with Crippen LogP contribution in [0.15, 0.2) is 59.6 Å². The Hall–Kier alpha value is -5.22. The second-order valence-corrected chi connectivity index (χ2v) is 15.7. The molecule has 3 heterocycles. The molecule has 59 heavy (non-hydrogen) atoms. The van der Waals surface area contributed by atoms with Crippen LogP contribution in [-0.4, -0.2) is 110 Å². The zero-order valence-electron chi connectivity index (χ0n) is 34.9. The van der Waals surface area contributed by atoms with Crippen LogP contribution in [-0.2, 0) is 35.0 Å². The fourth-order valence-electron chi connectivity index (χ4n) is 7.66. The van der Waals surface area contributed by atoms with Gasteiger partial charge in [0.15, 0.2) is 5.72 Å². The van der Waals surface area contributed by atoms with Gasteiger partial charge in [-0.25, -0.2) is 9.59 Å². The number of methoxy groups -OCH3 is 2. The molecule has 8 atom stereocenters. The number of carbonyl (C=O) groups excluding carboxylic acids is 4. The number of hydrogen-bond acceptors (Lipinski definition) is 12. The molecule has 0 aromatic heterocycles. The van der Waals surface area contributed by atoms with Crippen LogP contribution in [0.25, 0.3) is 6.08 Å². The molecular formula is C43H54ClN5O10. The molecule has 3 amide bonds. The molecule has 15 nitrogen and oxygen atoms in total. The van der Waals surface area contributed by atoms with E-state index in [0.29, 0.717) is 34.8 Å². The summed E-state index contributed by atoms with van der Waals surface area (Å²) in [4.78, 5) is 62.2. The Morgan fingerprint density at radius 1 is 1.25 bits per heavy atom. The van der Waals surface area contributed by atoms with Gasteiger partial charge in [0.2, 0.25) is 5.91 Å². The van der Waals surface area contributed by atoms with E-state index in [-0.39, 0.29) is 23.4 Å². The van der Waals surface area contributed by atoms with E-state index < -0.39 is 71.6 Å². The summed E-state index contributed by atoms with van der Waals surface area (Å²) in [5, 5.41) is 14.5. The molecule has 3 aliphatic rings. The fourth-order valence-corrected chi connectivity index (χ4v) is 7.97. The third-order valence-electron chi connectivity index (χ3n) is 11.4. The van der Waals surface area contributed by atoms with Crippen LogP contribution in [0.4, 0.5) is 21.9 Å². The zero-order valence-corrected chi connectivity index (χ0v) is 35.7. The fraction of sp³-hybridized carbons (Fsp3) is 0.465. The van der Waals surface area contributed by atoms with Gasteiger partial charge in [-0.2, -0.15) is 0 Å². The number of rotatable bonds is 8. The Kier molecular flexibility index (Phi) is 13.7. The van der Waals surface area contributed by atoms with Crippen molar-refractivity contribution in [3.8, 4) is 5.75 Å². The number of amides is 3. The van der Waals surface area contributed by atoms with E-state index in [1.54, 1.807) is 64.4 Å². The second-order valence-electron chi connectivity index (χ2n) is 15.4. The van der Waals surface area contributed by atoms with Crippen molar-refractivity contribution >= 4 is 64.8 Å². The van der Waals surface area contributed by atoms with Crippen molar-refractivity contribution in [2.75, 3.05) is 38.9 Å². The van der Waals surface area contributed by atoms with Gasteiger partial charge in [0.1, 0.15) is 40.7 Å². The number of fused-ring (bicyclic) bond motifs is 5. The number of aliphatic hydroxyl groups is 1. The number of hydrogen-bond donors (Lipinski definition) is 3. The summed E-state index contributed by atoms with van der Waals surface area (Å²) in [6.45, 7) is 12.5. The zero-order chi connectivity index (χ0) is 43.6. The highest BCUT2D eigenvalue weighted by Gasteiger charge is 2.64. The molecule has 0 radical (unpaired) electrons. The number of aliphatic imine (C=N–C) groups is 1. The monoisotopic (exact) mass is 835 g/mol. The number of nitrogen functional groups attached to an aromatic ring is 1. The molecule has 0 unspecified atom stereocenters. The summed E-state index contributed by atoms with van der Waals surface area (Å²) in [5.41, 5.74) is 6.40. The Morgan fingerprint density at radius 3 is 2.61 bits per heavy atom. The first-order valence-corrected chi connectivity index (χ1v) is 19.6. The normalized spacial score (nSPS) is 29.2. The molecule has 2 saturated heterocycles. The van der Waals surface area contributed by atoms with Crippen molar-refractivity contribution in [2.45, 2.75) is 95.7 Å². The lowest BCUT2D eigenvalue weighted by Gasteiger charge is -2.42. The van der Waals surface area contributed by atoms with E-state index in [1.807, 2.05) is 13.0 Å². The minimum Gasteiger partial charge on any atom is -0.495 e. The van der Waals surface area contributed by atoms with Gasteiger partial charge in [-0.3, -0.25) is 19.9 Å². The Balaban J connectivity index is 1.53. The van der Waals surface area contributed by atoms with Crippen molar-refractivity contribution in [3.63, 3.8) is 0 Å². The number of nitrogens with two attached hydrogens (primary N) is 1. The number of nitrogens with zero attached hydrogens (tertiary/aromatic N) is 3. The third-order valence-corrected chi connectivity index (χ3v) is 11.8. The highest BCUT2D eigenvalue weighted by Crippen LogP contribution is 2.49. The van der Waals surface area contributed by atoms with Crippen molar-refractivity contribution in [1.82, 2.24) is 10.2 Å². The van der Waals surface area contributed by atoms with E-state index in [0.717, 1.165) is 11.1 Å². The third kappa shape index (κ3) is 9.18. The molecule has 5 rings (SSSR count). The maximum Gasteiger partial charge on any atom is 0.409 e. The number of nitrogens with one attached hydrogen (secondary N) is 1. The molecule has 0 aliphatic carbocycles. The van der Waals surface area contributed by atoms with Gasteiger partial charge >= 0.3 is 12.1 Å². The highest BCUT2D eigenvalue weighted by atomic mass is 35.5. The van der Waals surface area contributed by atoms with Gasteiger partial charge in [-0.05, 0) is 63.9 Å². The van der Waals surface area contributed by atoms with Crippen LogP contribution < -0.4 is 20.7 Å². The van der Waals surface area contributed by atoms with E-state index in [9.17, 15) is 24.3 Å². The first-order valence-electron chi connectivity index (χ1n) is 19.2. The van der Waals surface area contributed by atoms with Crippen LogP contribution in [0.1, 0.15) is 68.9 Å². The second kappa shape index (κ2) is 18.0. The lowest BCUT2D eigenvalue weighted by Crippen LogP contribution is -2.63. The van der Waals surface area contributed by atoms with Gasteiger partial charge in [0.25, 0.3) is 5.91 Å². The predicted molar refractivity (Wildman–Crippen MR) is 225 cm³/mol. The maximum atomic E-state index is 14.3. The number of likely N-dealkylation sites (N-methyl/N-ethyl adjacent to an activating group) is 1. The molecule has 0 saturated carbocycles. The summed E-state index contributed by atoms with van der Waals surface area (Å²) in [6.07, 6.45) is 3.62. The van der Waals surface area contributed by atoms with Crippen LogP contribution in [0, 0.1) is 5.92 Å². The van der Waals surface area contributed by atoms with Gasteiger partial charge in [0, 0.05) is 50.9 Å². The lowest BCUT2D eigenvalue weighted by atomic mass is 9.83. The average molecular weight is 836 g/mol. The van der Waals surface area contributed by atoms with E-state index in [4.69, 9.17) is 41.0 Å².